The van der Waals surface area contributed by atoms with E-state index in [2.05, 4.69) is 30.9 Å². The zero-order chi connectivity index (χ0) is 25.4. The topological polar surface area (TPSA) is 124 Å². The van der Waals surface area contributed by atoms with Gasteiger partial charge in [-0.1, -0.05) is 29.8 Å². The first kappa shape index (κ1) is 24.5. The fourth-order valence-corrected chi connectivity index (χ4v) is 4.13. The predicted octanol–water partition coefficient (Wildman–Crippen LogP) is 4.61. The van der Waals surface area contributed by atoms with Crippen LogP contribution in [0.5, 0.6) is 0 Å². The van der Waals surface area contributed by atoms with Crippen LogP contribution in [0.25, 0.3) is 11.4 Å². The van der Waals surface area contributed by atoms with Gasteiger partial charge in [0.15, 0.2) is 11.5 Å². The Hall–Kier alpha value is -3.67. The number of aromatic nitrogens is 5. The maximum atomic E-state index is 13.2. The fourth-order valence-electron chi connectivity index (χ4n) is 3.86. The van der Waals surface area contributed by atoms with Crippen LogP contribution in [0.3, 0.4) is 0 Å². The summed E-state index contributed by atoms with van der Waals surface area (Å²) in [5, 5.41) is 13.4. The average Bonchev–Trinajstić information content (AvgIpc) is 3.13. The van der Waals surface area contributed by atoms with Crippen molar-refractivity contribution in [2.75, 3.05) is 10.6 Å². The summed E-state index contributed by atoms with van der Waals surface area (Å²) in [5.74, 6) is -3.08. The van der Waals surface area contributed by atoms with Gasteiger partial charge in [0, 0.05) is 31.6 Å². The van der Waals surface area contributed by atoms with Gasteiger partial charge in [0.1, 0.15) is 11.3 Å². The van der Waals surface area contributed by atoms with Gasteiger partial charge in [-0.2, -0.15) is 0 Å². The third kappa shape index (κ3) is 5.21. The number of carbonyl (C=O) groups excluding carboxylic acids is 2. The van der Waals surface area contributed by atoms with Gasteiger partial charge in [-0.3, -0.25) is 15.1 Å². The molecule has 0 aromatic carbocycles. The summed E-state index contributed by atoms with van der Waals surface area (Å²) in [5.41, 5.74) is 0.389. The number of anilines is 2. The zero-order valence-electron chi connectivity index (χ0n) is 19.1. The molecule has 4 rings (SSSR count). The van der Waals surface area contributed by atoms with E-state index in [-0.39, 0.29) is 16.7 Å². The Labute approximate surface area is 204 Å². The molecule has 0 unspecified atom stereocenters. The van der Waals surface area contributed by atoms with E-state index in [4.69, 9.17) is 16.3 Å². The normalized spacial score (nSPS) is 16.6. The molecule has 0 saturated heterocycles. The lowest BCUT2D eigenvalue weighted by atomic mass is 9.67. The van der Waals surface area contributed by atoms with Crippen molar-refractivity contribution in [1.29, 1.82) is 0 Å². The number of aryl methyl sites for hydroxylation is 1. The van der Waals surface area contributed by atoms with Crippen molar-refractivity contribution in [3.05, 3.63) is 47.4 Å². The summed E-state index contributed by atoms with van der Waals surface area (Å²) in [6.45, 7) is 3.16. The Morgan fingerprint density at radius 1 is 1.20 bits per heavy atom. The standard InChI is InChI=1S/C22H22ClF2N7O3/c1-12(14-5-4-8-26-17(14)23)35-20(34)29-18-16(30-31-32(18)3)15-7-6-13(9-27-15)28-19(33)21(2)10-22(24,25)11-21/h4-9,12H,10-11H2,1-3H3,(H,28,33)(H,29,34)/t12-/m1/s1. The molecule has 0 aliphatic heterocycles. The third-order valence-corrected chi connectivity index (χ3v) is 5.98. The first-order valence-corrected chi connectivity index (χ1v) is 11.0. The first-order valence-electron chi connectivity index (χ1n) is 10.6. The largest absolute Gasteiger partial charge is 0.441 e. The molecule has 0 bridgehead atoms. The summed E-state index contributed by atoms with van der Waals surface area (Å²) in [6, 6.07) is 6.50. The summed E-state index contributed by atoms with van der Waals surface area (Å²) in [7, 11) is 1.58. The molecular formula is C22H22ClF2N7O3. The number of amides is 2. The molecule has 10 nitrogen and oxygen atoms in total. The Bertz CT molecular complexity index is 1260. The van der Waals surface area contributed by atoms with Crippen molar-refractivity contribution in [1.82, 2.24) is 25.0 Å². The second kappa shape index (κ2) is 9.17. The molecule has 2 amide bonds. The molecule has 1 saturated carbocycles. The molecule has 0 spiro atoms. The van der Waals surface area contributed by atoms with Crippen LogP contribution in [0.1, 0.15) is 38.4 Å². The molecule has 1 fully saturated rings. The second-order valence-electron chi connectivity index (χ2n) is 8.62. The van der Waals surface area contributed by atoms with E-state index in [0.717, 1.165) is 0 Å². The van der Waals surface area contributed by atoms with E-state index in [1.165, 1.54) is 24.0 Å². The third-order valence-electron chi connectivity index (χ3n) is 5.67. The average molecular weight is 506 g/mol. The van der Waals surface area contributed by atoms with Gasteiger partial charge in [-0.15, -0.1) is 5.10 Å². The van der Waals surface area contributed by atoms with Crippen molar-refractivity contribution in [2.45, 2.75) is 38.7 Å². The molecule has 3 aromatic heterocycles. The molecule has 1 aliphatic carbocycles. The predicted molar refractivity (Wildman–Crippen MR) is 123 cm³/mol. The number of halogens is 3. The molecule has 35 heavy (non-hydrogen) atoms. The number of ether oxygens (including phenoxy) is 1. The Balaban J connectivity index is 1.43. The molecule has 0 radical (unpaired) electrons. The monoisotopic (exact) mass is 505 g/mol. The van der Waals surface area contributed by atoms with Gasteiger partial charge in [0.2, 0.25) is 11.8 Å². The van der Waals surface area contributed by atoms with Crippen LogP contribution < -0.4 is 10.6 Å². The Morgan fingerprint density at radius 2 is 1.94 bits per heavy atom. The molecule has 1 atom stereocenters. The van der Waals surface area contributed by atoms with Crippen LogP contribution in [0.4, 0.5) is 25.1 Å². The van der Waals surface area contributed by atoms with Crippen LogP contribution >= 0.6 is 11.6 Å². The lowest BCUT2D eigenvalue weighted by Gasteiger charge is -2.43. The van der Waals surface area contributed by atoms with Crippen molar-refractivity contribution >= 4 is 35.1 Å². The number of rotatable bonds is 6. The SMILES string of the molecule is C[C@@H](OC(=O)Nc1c(-c2ccc(NC(=O)C3(C)CC(F)(F)C3)cn2)nnn1C)c1cccnc1Cl. The highest BCUT2D eigenvalue weighted by atomic mass is 35.5. The number of pyridine rings is 2. The number of nitrogens with zero attached hydrogens (tertiary/aromatic N) is 5. The van der Waals surface area contributed by atoms with E-state index >= 15 is 0 Å². The smallest absolute Gasteiger partial charge is 0.413 e. The fraction of sp³-hybridized carbons (Fsp3) is 0.364. The molecule has 13 heteroatoms. The van der Waals surface area contributed by atoms with Gasteiger partial charge in [-0.25, -0.2) is 23.2 Å². The molecule has 2 N–H and O–H groups in total. The highest BCUT2D eigenvalue weighted by molar-refractivity contribution is 6.30. The minimum Gasteiger partial charge on any atom is -0.441 e. The van der Waals surface area contributed by atoms with Crippen molar-refractivity contribution in [3.8, 4) is 11.4 Å². The minimum atomic E-state index is -2.81. The number of carbonyl (C=O) groups is 2. The van der Waals surface area contributed by atoms with Gasteiger partial charge in [-0.05, 0) is 25.1 Å². The maximum absolute atomic E-state index is 13.2. The van der Waals surface area contributed by atoms with Gasteiger partial charge < -0.3 is 10.1 Å². The van der Waals surface area contributed by atoms with E-state index in [1.807, 2.05) is 0 Å². The summed E-state index contributed by atoms with van der Waals surface area (Å²) >= 11 is 6.05. The molecule has 184 valence electrons. The van der Waals surface area contributed by atoms with E-state index in [1.54, 1.807) is 38.2 Å². The van der Waals surface area contributed by atoms with Crippen LogP contribution in [0.15, 0.2) is 36.7 Å². The number of alkyl halides is 2. The van der Waals surface area contributed by atoms with Crippen molar-refractivity contribution in [2.24, 2.45) is 12.5 Å². The second-order valence-corrected chi connectivity index (χ2v) is 8.98. The highest BCUT2D eigenvalue weighted by Crippen LogP contribution is 2.52. The lowest BCUT2D eigenvalue weighted by Crippen LogP contribution is -2.51. The van der Waals surface area contributed by atoms with E-state index in [9.17, 15) is 18.4 Å². The Kier molecular flexibility index (Phi) is 6.41. The van der Waals surface area contributed by atoms with Crippen molar-refractivity contribution < 1.29 is 23.1 Å². The quantitative estimate of drug-likeness (QED) is 0.469. The summed E-state index contributed by atoms with van der Waals surface area (Å²) < 4.78 is 33.2. The van der Waals surface area contributed by atoms with E-state index in [0.29, 0.717) is 16.9 Å². The lowest BCUT2D eigenvalue weighted by molar-refractivity contribution is -0.170. The maximum Gasteiger partial charge on any atom is 0.413 e. The summed E-state index contributed by atoms with van der Waals surface area (Å²) in [6.07, 6.45) is 0.484. The number of hydrogen-bond donors (Lipinski definition) is 2. The first-order chi connectivity index (χ1) is 16.5. The molecule has 3 heterocycles. The molecule has 3 aromatic rings. The highest BCUT2D eigenvalue weighted by Gasteiger charge is 2.57. The van der Waals surface area contributed by atoms with Crippen LogP contribution in [-0.4, -0.2) is 42.9 Å². The summed E-state index contributed by atoms with van der Waals surface area (Å²) in [4.78, 5) is 33.1. The van der Waals surface area contributed by atoms with Gasteiger partial charge >= 0.3 is 6.09 Å². The number of hydrogen-bond acceptors (Lipinski definition) is 7. The minimum absolute atomic E-state index is 0.229. The molecule has 1 aliphatic rings. The van der Waals surface area contributed by atoms with Crippen LogP contribution in [0, 0.1) is 5.41 Å². The van der Waals surface area contributed by atoms with E-state index < -0.39 is 42.3 Å². The number of nitrogens with one attached hydrogen (secondary N) is 2. The van der Waals surface area contributed by atoms with Gasteiger partial charge in [0.05, 0.1) is 23.0 Å². The van der Waals surface area contributed by atoms with Crippen LogP contribution in [-0.2, 0) is 16.6 Å². The molecular weight excluding hydrogens is 484 g/mol. The Morgan fingerprint density at radius 3 is 2.57 bits per heavy atom. The van der Waals surface area contributed by atoms with Crippen molar-refractivity contribution in [3.63, 3.8) is 0 Å². The van der Waals surface area contributed by atoms with Crippen LogP contribution in [0.2, 0.25) is 5.15 Å². The zero-order valence-corrected chi connectivity index (χ0v) is 19.8. The van der Waals surface area contributed by atoms with Gasteiger partial charge in [0.25, 0.3) is 0 Å².